The molecule has 6 nitrogen and oxygen atoms in total. The van der Waals surface area contributed by atoms with E-state index in [0.29, 0.717) is 23.5 Å². The Morgan fingerprint density at radius 3 is 2.90 bits per heavy atom. The third kappa shape index (κ3) is 4.34. The average Bonchev–Trinajstić information content (AvgIpc) is 2.52. The fourth-order valence-electron chi connectivity index (χ4n) is 2.34. The van der Waals surface area contributed by atoms with Crippen LogP contribution in [0.15, 0.2) is 18.2 Å². The van der Waals surface area contributed by atoms with Crippen molar-refractivity contribution in [1.82, 2.24) is 10.2 Å². The lowest BCUT2D eigenvalue weighted by atomic mass is 10.1. The number of nitrogens with two attached hydrogens (primary N) is 1. The first-order chi connectivity index (χ1) is 10.2. The van der Waals surface area contributed by atoms with Crippen LogP contribution in [0.25, 0.3) is 0 Å². The number of hydrogen-bond acceptors (Lipinski definition) is 5. The van der Waals surface area contributed by atoms with Gasteiger partial charge >= 0.3 is 0 Å². The molecule has 0 spiro atoms. The van der Waals surface area contributed by atoms with E-state index in [1.54, 1.807) is 18.2 Å². The molecule has 3 N–H and O–H groups in total. The summed E-state index contributed by atoms with van der Waals surface area (Å²) in [6, 6.07) is 5.21. The molecule has 21 heavy (non-hydrogen) atoms. The summed E-state index contributed by atoms with van der Waals surface area (Å²) in [6.45, 7) is 5.14. The Bertz CT molecular complexity index is 473. The first-order valence-corrected chi connectivity index (χ1v) is 7.23. The van der Waals surface area contributed by atoms with Crippen molar-refractivity contribution in [3.63, 3.8) is 0 Å². The maximum Gasteiger partial charge on any atom is 0.253 e. The van der Waals surface area contributed by atoms with Crippen LogP contribution in [0.5, 0.6) is 5.75 Å². The number of nitrogens with one attached hydrogen (secondary N) is 1. The minimum atomic E-state index is -0.159. The molecule has 1 aliphatic rings. The van der Waals surface area contributed by atoms with Gasteiger partial charge in [-0.1, -0.05) is 6.07 Å². The molecule has 0 atom stereocenters. The summed E-state index contributed by atoms with van der Waals surface area (Å²) < 4.78 is 10.4. The fourth-order valence-corrected chi connectivity index (χ4v) is 2.34. The van der Waals surface area contributed by atoms with Gasteiger partial charge in [0, 0.05) is 19.6 Å². The van der Waals surface area contributed by atoms with E-state index in [9.17, 15) is 4.79 Å². The Morgan fingerprint density at radius 2 is 2.19 bits per heavy atom. The van der Waals surface area contributed by atoms with Crippen LogP contribution in [0, 0.1) is 0 Å². The number of ether oxygens (including phenoxy) is 2. The summed E-state index contributed by atoms with van der Waals surface area (Å²) >= 11 is 0. The molecule has 1 aromatic carbocycles. The van der Waals surface area contributed by atoms with Crippen LogP contribution in [0.2, 0.25) is 0 Å². The number of amides is 1. The van der Waals surface area contributed by atoms with Crippen molar-refractivity contribution in [2.45, 2.75) is 6.42 Å². The van der Waals surface area contributed by atoms with Crippen LogP contribution < -0.4 is 15.8 Å². The van der Waals surface area contributed by atoms with E-state index in [-0.39, 0.29) is 5.91 Å². The van der Waals surface area contributed by atoms with E-state index < -0.39 is 0 Å². The number of nitrogens with zero attached hydrogens (tertiary/aromatic N) is 1. The number of methoxy groups -OCH3 is 1. The molecule has 1 saturated heterocycles. The molecule has 116 valence electrons. The highest BCUT2D eigenvalue weighted by atomic mass is 16.5. The predicted octanol–water partition coefficient (Wildman–Crippen LogP) is 0.730. The monoisotopic (exact) mass is 293 g/mol. The van der Waals surface area contributed by atoms with Crippen molar-refractivity contribution in [1.29, 1.82) is 0 Å². The largest absolute Gasteiger partial charge is 0.495 e. The SMILES string of the molecule is COc1cccc(C(=O)NCCCN2CCOCC2)c1N. The molecule has 0 radical (unpaired) electrons. The Hall–Kier alpha value is -1.79. The minimum absolute atomic E-state index is 0.159. The van der Waals surface area contributed by atoms with Gasteiger partial charge in [0.25, 0.3) is 5.91 Å². The zero-order chi connectivity index (χ0) is 15.1. The Kier molecular flexibility index (Phi) is 5.83. The molecule has 6 heteroatoms. The van der Waals surface area contributed by atoms with Gasteiger partial charge in [-0.25, -0.2) is 0 Å². The van der Waals surface area contributed by atoms with Crippen LogP contribution >= 0.6 is 0 Å². The van der Waals surface area contributed by atoms with Gasteiger partial charge in [0.05, 0.1) is 31.6 Å². The van der Waals surface area contributed by atoms with Gasteiger partial charge in [-0.05, 0) is 25.1 Å². The third-order valence-corrected chi connectivity index (χ3v) is 3.57. The van der Waals surface area contributed by atoms with E-state index in [2.05, 4.69) is 10.2 Å². The standard InChI is InChI=1S/C15H23N3O3/c1-20-13-5-2-4-12(14(13)16)15(19)17-6-3-7-18-8-10-21-11-9-18/h2,4-5H,3,6-11,16H2,1H3,(H,17,19). The molecule has 0 unspecified atom stereocenters. The Morgan fingerprint density at radius 1 is 1.43 bits per heavy atom. The lowest BCUT2D eigenvalue weighted by Gasteiger charge is -2.26. The van der Waals surface area contributed by atoms with Gasteiger partial charge in [0.15, 0.2) is 0 Å². The number of nitrogen functional groups attached to an aromatic ring is 1. The highest BCUT2D eigenvalue weighted by molar-refractivity contribution is 6.00. The topological polar surface area (TPSA) is 76.8 Å². The van der Waals surface area contributed by atoms with Gasteiger partial charge in [-0.15, -0.1) is 0 Å². The van der Waals surface area contributed by atoms with Crippen LogP contribution in [0.4, 0.5) is 5.69 Å². The van der Waals surface area contributed by atoms with E-state index in [1.165, 1.54) is 7.11 Å². The van der Waals surface area contributed by atoms with Crippen molar-refractivity contribution in [2.24, 2.45) is 0 Å². The molecule has 0 bridgehead atoms. The van der Waals surface area contributed by atoms with Gasteiger partial charge in [-0.3, -0.25) is 9.69 Å². The van der Waals surface area contributed by atoms with E-state index >= 15 is 0 Å². The summed E-state index contributed by atoms with van der Waals surface area (Å²) in [4.78, 5) is 14.4. The summed E-state index contributed by atoms with van der Waals surface area (Å²) in [5.74, 6) is 0.365. The quantitative estimate of drug-likeness (QED) is 0.597. The van der Waals surface area contributed by atoms with E-state index in [1.807, 2.05) is 0 Å². The molecule has 1 aliphatic heterocycles. The normalized spacial score (nSPS) is 15.7. The first-order valence-electron chi connectivity index (χ1n) is 7.23. The van der Waals surface area contributed by atoms with Crippen LogP contribution in [0.1, 0.15) is 16.8 Å². The number of benzene rings is 1. The molecular weight excluding hydrogens is 270 g/mol. The molecule has 0 aliphatic carbocycles. The number of rotatable bonds is 6. The maximum absolute atomic E-state index is 12.1. The van der Waals surface area contributed by atoms with Crippen molar-refractivity contribution in [3.05, 3.63) is 23.8 Å². The van der Waals surface area contributed by atoms with Crippen molar-refractivity contribution in [2.75, 3.05) is 52.2 Å². The van der Waals surface area contributed by atoms with Crippen molar-refractivity contribution < 1.29 is 14.3 Å². The Balaban J connectivity index is 1.76. The molecule has 1 amide bonds. The van der Waals surface area contributed by atoms with Gasteiger partial charge in [0.1, 0.15) is 5.75 Å². The number of carbonyl (C=O) groups is 1. The summed E-state index contributed by atoms with van der Waals surface area (Å²) in [7, 11) is 1.54. The lowest BCUT2D eigenvalue weighted by Crippen LogP contribution is -2.38. The van der Waals surface area contributed by atoms with Crippen LogP contribution in [-0.4, -0.2) is 57.3 Å². The Labute approximate surface area is 125 Å². The lowest BCUT2D eigenvalue weighted by molar-refractivity contribution is 0.0374. The number of hydrogen-bond donors (Lipinski definition) is 2. The highest BCUT2D eigenvalue weighted by Gasteiger charge is 2.13. The number of para-hydroxylation sites is 1. The molecule has 0 saturated carbocycles. The summed E-state index contributed by atoms with van der Waals surface area (Å²) in [6.07, 6.45) is 0.912. The van der Waals surface area contributed by atoms with Crippen molar-refractivity contribution >= 4 is 11.6 Å². The number of carbonyl (C=O) groups excluding carboxylic acids is 1. The van der Waals surface area contributed by atoms with E-state index in [4.69, 9.17) is 15.2 Å². The van der Waals surface area contributed by atoms with Gasteiger partial charge < -0.3 is 20.5 Å². The van der Waals surface area contributed by atoms with E-state index in [0.717, 1.165) is 39.3 Å². The second kappa shape index (κ2) is 7.85. The highest BCUT2D eigenvalue weighted by Crippen LogP contribution is 2.24. The number of morpholine rings is 1. The van der Waals surface area contributed by atoms with Crippen LogP contribution in [-0.2, 0) is 4.74 Å². The fraction of sp³-hybridized carbons (Fsp3) is 0.533. The third-order valence-electron chi connectivity index (χ3n) is 3.57. The molecule has 0 aromatic heterocycles. The number of anilines is 1. The van der Waals surface area contributed by atoms with Gasteiger partial charge in [-0.2, -0.15) is 0 Å². The minimum Gasteiger partial charge on any atom is -0.495 e. The smallest absolute Gasteiger partial charge is 0.253 e. The summed E-state index contributed by atoms with van der Waals surface area (Å²) in [5, 5.41) is 2.90. The second-order valence-corrected chi connectivity index (χ2v) is 4.98. The van der Waals surface area contributed by atoms with Crippen molar-refractivity contribution in [3.8, 4) is 5.75 Å². The second-order valence-electron chi connectivity index (χ2n) is 4.98. The molecule has 1 fully saturated rings. The summed E-state index contributed by atoms with van der Waals surface area (Å²) in [5.41, 5.74) is 6.75. The molecular formula is C15H23N3O3. The first kappa shape index (κ1) is 15.6. The van der Waals surface area contributed by atoms with Crippen LogP contribution in [0.3, 0.4) is 0 Å². The molecule has 1 aromatic rings. The zero-order valence-electron chi connectivity index (χ0n) is 12.4. The van der Waals surface area contributed by atoms with Gasteiger partial charge in [0.2, 0.25) is 0 Å². The maximum atomic E-state index is 12.1. The average molecular weight is 293 g/mol. The zero-order valence-corrected chi connectivity index (χ0v) is 12.4. The molecule has 1 heterocycles. The predicted molar refractivity (Wildman–Crippen MR) is 81.6 cm³/mol. The molecule has 2 rings (SSSR count).